The molecule has 0 aliphatic heterocycles. The van der Waals surface area contributed by atoms with Gasteiger partial charge in [0.15, 0.2) is 5.78 Å². The van der Waals surface area contributed by atoms with Crippen LogP contribution in [0.15, 0.2) is 29.3 Å². The number of hydrogen-bond acceptors (Lipinski definition) is 5. The zero-order chi connectivity index (χ0) is 15.7. The van der Waals surface area contributed by atoms with E-state index in [0.29, 0.717) is 10.3 Å². The zero-order valence-corrected chi connectivity index (χ0v) is 14.1. The number of nitrogens with zero attached hydrogens (tertiary/aromatic N) is 2. The first-order valence-electron chi connectivity index (χ1n) is 7.22. The van der Waals surface area contributed by atoms with Gasteiger partial charge >= 0.3 is 0 Å². The molecule has 0 unspecified atom stereocenters. The predicted molar refractivity (Wildman–Crippen MR) is 91.3 cm³/mol. The Morgan fingerprint density at radius 2 is 1.95 bits per heavy atom. The molecule has 0 fully saturated rings. The number of aromatic nitrogens is 2. The van der Waals surface area contributed by atoms with Gasteiger partial charge in [0.1, 0.15) is 4.83 Å². The summed E-state index contributed by atoms with van der Waals surface area (Å²) < 4.78 is 1.40. The number of ketones is 1. The molecule has 0 saturated heterocycles. The van der Waals surface area contributed by atoms with Crippen molar-refractivity contribution < 1.29 is 4.79 Å². The second-order valence-electron chi connectivity index (χ2n) is 5.01. The molecule has 3 aromatic heterocycles. The van der Waals surface area contributed by atoms with Crippen LogP contribution in [0.5, 0.6) is 0 Å². The number of hydrogen-bond donors (Lipinski definition) is 0. The fourth-order valence-electron chi connectivity index (χ4n) is 2.25. The van der Waals surface area contributed by atoms with Crippen LogP contribution in [-0.4, -0.2) is 15.3 Å². The van der Waals surface area contributed by atoms with E-state index in [1.165, 1.54) is 38.4 Å². The molecule has 0 bridgehead atoms. The van der Waals surface area contributed by atoms with Crippen molar-refractivity contribution in [1.82, 2.24) is 9.55 Å². The van der Waals surface area contributed by atoms with Gasteiger partial charge in [-0.2, -0.15) is 0 Å². The molecular formula is C16H16N2O2S2. The number of carbonyl (C=O) groups is 1. The number of carbonyl (C=O) groups excluding carboxylic acids is 1. The van der Waals surface area contributed by atoms with Gasteiger partial charge in [-0.25, -0.2) is 4.98 Å². The maximum absolute atomic E-state index is 12.5. The Hall–Kier alpha value is -1.79. The Morgan fingerprint density at radius 1 is 1.18 bits per heavy atom. The van der Waals surface area contributed by atoms with Crippen LogP contribution in [0.2, 0.25) is 0 Å². The lowest BCUT2D eigenvalue weighted by Gasteiger charge is -2.03. The fourth-order valence-corrected chi connectivity index (χ4v) is 4.05. The Balaban J connectivity index is 1.91. The van der Waals surface area contributed by atoms with Crippen LogP contribution in [0, 0.1) is 0 Å². The van der Waals surface area contributed by atoms with Gasteiger partial charge in [-0.15, -0.1) is 22.7 Å². The molecule has 0 spiro atoms. The van der Waals surface area contributed by atoms with E-state index in [-0.39, 0.29) is 17.9 Å². The first-order chi connectivity index (χ1) is 10.6. The third-order valence-electron chi connectivity index (χ3n) is 3.52. The number of thiophene rings is 2. The highest BCUT2D eigenvalue weighted by molar-refractivity contribution is 7.18. The van der Waals surface area contributed by atoms with E-state index in [4.69, 9.17) is 0 Å². The maximum atomic E-state index is 12.5. The topological polar surface area (TPSA) is 52.0 Å². The van der Waals surface area contributed by atoms with Crippen LogP contribution in [-0.2, 0) is 19.4 Å². The largest absolute Gasteiger partial charge is 0.291 e. The highest BCUT2D eigenvalue weighted by Crippen LogP contribution is 2.21. The predicted octanol–water partition coefficient (Wildman–Crippen LogP) is 3.53. The molecule has 3 heterocycles. The van der Waals surface area contributed by atoms with E-state index in [1.807, 2.05) is 18.2 Å². The van der Waals surface area contributed by atoms with Crippen LogP contribution in [0.3, 0.4) is 0 Å². The average molecular weight is 332 g/mol. The summed E-state index contributed by atoms with van der Waals surface area (Å²) in [6.07, 6.45) is 3.28. The third-order valence-corrected chi connectivity index (χ3v) is 5.97. The van der Waals surface area contributed by atoms with Gasteiger partial charge < -0.3 is 0 Å². The first kappa shape index (κ1) is 15.1. The molecule has 0 radical (unpaired) electrons. The molecule has 0 N–H and O–H groups in total. The van der Waals surface area contributed by atoms with Crippen molar-refractivity contribution >= 4 is 38.7 Å². The molecule has 0 saturated carbocycles. The van der Waals surface area contributed by atoms with Crippen molar-refractivity contribution in [3.8, 4) is 0 Å². The molecule has 3 rings (SSSR count). The number of Topliss-reactive ketones (excluding diaryl/α,β-unsaturated/α-hetero) is 1. The van der Waals surface area contributed by atoms with Crippen molar-refractivity contribution in [3.05, 3.63) is 49.5 Å². The van der Waals surface area contributed by atoms with Crippen LogP contribution in [0.1, 0.15) is 33.3 Å². The monoisotopic (exact) mass is 332 g/mol. The molecular weight excluding hydrogens is 316 g/mol. The highest BCUT2D eigenvalue weighted by Gasteiger charge is 2.13. The summed E-state index contributed by atoms with van der Waals surface area (Å²) in [5.74, 6) is -0.0427. The van der Waals surface area contributed by atoms with E-state index in [0.717, 1.165) is 22.5 Å². The summed E-state index contributed by atoms with van der Waals surface area (Å²) in [6.45, 7) is 4.15. The third kappa shape index (κ3) is 2.76. The molecule has 0 aliphatic carbocycles. The van der Waals surface area contributed by atoms with Gasteiger partial charge in [0.25, 0.3) is 5.56 Å². The summed E-state index contributed by atoms with van der Waals surface area (Å²) in [5, 5.41) is 0.609. The van der Waals surface area contributed by atoms with E-state index in [9.17, 15) is 9.59 Å². The molecule has 4 nitrogen and oxygen atoms in total. The molecule has 22 heavy (non-hydrogen) atoms. The van der Waals surface area contributed by atoms with Gasteiger partial charge in [0.2, 0.25) is 0 Å². The van der Waals surface area contributed by atoms with Crippen molar-refractivity contribution in [1.29, 1.82) is 0 Å². The maximum Gasteiger partial charge on any atom is 0.262 e. The van der Waals surface area contributed by atoms with Crippen molar-refractivity contribution in [2.45, 2.75) is 33.2 Å². The summed E-state index contributed by atoms with van der Waals surface area (Å²) in [5.41, 5.74) is -0.137. The van der Waals surface area contributed by atoms with Crippen LogP contribution >= 0.6 is 22.7 Å². The Kier molecular flexibility index (Phi) is 4.22. The molecule has 6 heteroatoms. The summed E-state index contributed by atoms with van der Waals surface area (Å²) in [6, 6.07) is 5.69. The second-order valence-corrected chi connectivity index (χ2v) is 7.29. The minimum absolute atomic E-state index is 0.0427. The minimum atomic E-state index is -0.137. The van der Waals surface area contributed by atoms with Crippen LogP contribution in [0.4, 0.5) is 0 Å². The van der Waals surface area contributed by atoms with Crippen LogP contribution in [0.25, 0.3) is 10.2 Å². The molecule has 114 valence electrons. The van der Waals surface area contributed by atoms with Gasteiger partial charge in [-0.3, -0.25) is 14.2 Å². The molecule has 3 aromatic rings. The molecule has 0 atom stereocenters. The summed E-state index contributed by atoms with van der Waals surface area (Å²) in [7, 11) is 0. The average Bonchev–Trinajstić information content (AvgIpc) is 3.16. The van der Waals surface area contributed by atoms with E-state index in [1.54, 1.807) is 0 Å². The fraction of sp³-hybridized carbons (Fsp3) is 0.312. The minimum Gasteiger partial charge on any atom is -0.291 e. The lowest BCUT2D eigenvalue weighted by molar-refractivity contribution is 0.0974. The first-order valence-corrected chi connectivity index (χ1v) is 8.85. The SMILES string of the molecule is CCc1ccc(C(=O)Cn2cnc3sc(CC)cc3c2=O)s1. The summed E-state index contributed by atoms with van der Waals surface area (Å²) >= 11 is 3.03. The highest BCUT2D eigenvalue weighted by atomic mass is 32.1. The molecule has 0 aliphatic rings. The number of rotatable bonds is 5. The summed E-state index contributed by atoms with van der Waals surface area (Å²) in [4.78, 5) is 32.8. The van der Waals surface area contributed by atoms with Crippen molar-refractivity contribution in [3.63, 3.8) is 0 Å². The van der Waals surface area contributed by atoms with Crippen molar-refractivity contribution in [2.24, 2.45) is 0 Å². The van der Waals surface area contributed by atoms with Gasteiger partial charge in [0, 0.05) is 9.75 Å². The zero-order valence-electron chi connectivity index (χ0n) is 12.5. The van der Waals surface area contributed by atoms with E-state index >= 15 is 0 Å². The Morgan fingerprint density at radius 3 is 2.64 bits per heavy atom. The van der Waals surface area contributed by atoms with Crippen molar-refractivity contribution in [2.75, 3.05) is 0 Å². The Bertz CT molecular complexity index is 889. The number of aryl methyl sites for hydroxylation is 2. The smallest absolute Gasteiger partial charge is 0.262 e. The number of fused-ring (bicyclic) bond motifs is 1. The van der Waals surface area contributed by atoms with Gasteiger partial charge in [-0.05, 0) is 31.0 Å². The molecule has 0 aromatic carbocycles. The van der Waals surface area contributed by atoms with Gasteiger partial charge in [-0.1, -0.05) is 13.8 Å². The normalized spacial score (nSPS) is 11.2. The molecule has 0 amide bonds. The lowest BCUT2D eigenvalue weighted by Crippen LogP contribution is -2.23. The van der Waals surface area contributed by atoms with E-state index < -0.39 is 0 Å². The van der Waals surface area contributed by atoms with Gasteiger partial charge in [0.05, 0.1) is 23.1 Å². The standard InChI is InChI=1S/C16H16N2O2S2/c1-3-10-5-6-14(21-10)13(19)8-18-9-17-15-12(16(18)20)7-11(4-2)22-15/h5-7,9H,3-4,8H2,1-2H3. The van der Waals surface area contributed by atoms with E-state index in [2.05, 4.69) is 18.8 Å². The second kappa shape index (κ2) is 6.14. The Labute approximate surface area is 136 Å². The quantitative estimate of drug-likeness (QED) is 0.672. The lowest BCUT2D eigenvalue weighted by atomic mass is 10.3. The van der Waals surface area contributed by atoms with Crippen LogP contribution < -0.4 is 5.56 Å².